The summed E-state index contributed by atoms with van der Waals surface area (Å²) in [4.78, 5) is 16.1. The summed E-state index contributed by atoms with van der Waals surface area (Å²) < 4.78 is 5.14. The Kier molecular flexibility index (Phi) is 5.51. The molecule has 1 N–H and O–H groups in total. The third-order valence-electron chi connectivity index (χ3n) is 2.95. The zero-order valence-corrected chi connectivity index (χ0v) is 12.8. The molecule has 0 saturated heterocycles. The Balaban J connectivity index is 1.94. The second-order valence-corrected chi connectivity index (χ2v) is 5.40. The van der Waals surface area contributed by atoms with Crippen molar-refractivity contribution in [1.82, 2.24) is 10.3 Å². The summed E-state index contributed by atoms with van der Waals surface area (Å²) in [7, 11) is 1.64. The average molecular weight is 302 g/mol. The first-order valence-corrected chi connectivity index (χ1v) is 7.57. The minimum atomic E-state index is 0.0242. The number of benzene rings is 1. The van der Waals surface area contributed by atoms with E-state index in [1.165, 1.54) is 0 Å². The van der Waals surface area contributed by atoms with Crippen LogP contribution < -0.4 is 10.1 Å². The number of nitrogens with zero attached hydrogens (tertiary/aromatic N) is 1. The molecule has 0 saturated carbocycles. The molecule has 0 aliphatic rings. The number of allylic oxidation sites excluding steroid dienone is 1. The quantitative estimate of drug-likeness (QED) is 0.798. The van der Waals surface area contributed by atoms with Crippen LogP contribution in [0.25, 0.3) is 11.3 Å². The van der Waals surface area contributed by atoms with E-state index in [0.717, 1.165) is 22.0 Å². The molecule has 0 atom stereocenters. The molecule has 0 fully saturated rings. The van der Waals surface area contributed by atoms with E-state index in [1.54, 1.807) is 24.5 Å². The topological polar surface area (TPSA) is 51.2 Å². The van der Waals surface area contributed by atoms with Gasteiger partial charge < -0.3 is 10.1 Å². The van der Waals surface area contributed by atoms with Gasteiger partial charge in [-0.05, 0) is 30.7 Å². The normalized spacial score (nSPS) is 10.1. The number of hydrogen-bond donors (Lipinski definition) is 1. The number of ether oxygens (including phenoxy) is 1. The van der Waals surface area contributed by atoms with Gasteiger partial charge in [-0.3, -0.25) is 4.79 Å². The summed E-state index contributed by atoms with van der Waals surface area (Å²) in [6.45, 7) is 4.07. The molecule has 1 aromatic carbocycles. The molecule has 1 heterocycles. The molecule has 0 aliphatic carbocycles. The van der Waals surface area contributed by atoms with Gasteiger partial charge in [0.25, 0.3) is 0 Å². The van der Waals surface area contributed by atoms with Crippen LogP contribution >= 0.6 is 11.3 Å². The highest BCUT2D eigenvalue weighted by molar-refractivity contribution is 7.09. The van der Waals surface area contributed by atoms with Gasteiger partial charge in [0, 0.05) is 17.4 Å². The molecule has 0 unspecified atom stereocenters. The first-order valence-electron chi connectivity index (χ1n) is 6.69. The van der Waals surface area contributed by atoms with Crippen LogP contribution in [0.4, 0.5) is 0 Å². The lowest BCUT2D eigenvalue weighted by molar-refractivity contribution is -0.121. The van der Waals surface area contributed by atoms with Gasteiger partial charge in [0.2, 0.25) is 5.91 Å². The molecular weight excluding hydrogens is 284 g/mol. The number of amides is 1. The van der Waals surface area contributed by atoms with Crippen molar-refractivity contribution in [2.75, 3.05) is 7.11 Å². The van der Waals surface area contributed by atoms with Gasteiger partial charge in [0.15, 0.2) is 0 Å². The minimum Gasteiger partial charge on any atom is -0.497 e. The molecule has 0 aliphatic heterocycles. The highest BCUT2D eigenvalue weighted by atomic mass is 32.1. The van der Waals surface area contributed by atoms with Crippen LogP contribution in [-0.4, -0.2) is 18.0 Å². The van der Waals surface area contributed by atoms with E-state index in [1.807, 2.05) is 29.6 Å². The number of carbonyl (C=O) groups excluding carboxylic acids is 1. The van der Waals surface area contributed by atoms with Crippen LogP contribution in [0.15, 0.2) is 42.3 Å². The van der Waals surface area contributed by atoms with E-state index in [2.05, 4.69) is 16.9 Å². The lowest BCUT2D eigenvalue weighted by Crippen LogP contribution is -2.21. The van der Waals surface area contributed by atoms with Gasteiger partial charge in [0.05, 0.1) is 19.3 Å². The summed E-state index contributed by atoms with van der Waals surface area (Å²) in [6.07, 6.45) is 2.91. The highest BCUT2D eigenvalue weighted by Crippen LogP contribution is 2.24. The Morgan fingerprint density at radius 2 is 2.19 bits per heavy atom. The van der Waals surface area contributed by atoms with Crippen molar-refractivity contribution in [2.45, 2.75) is 19.4 Å². The molecule has 1 amide bonds. The Bertz CT molecular complexity index is 605. The van der Waals surface area contributed by atoms with Crippen LogP contribution in [-0.2, 0) is 11.3 Å². The number of carbonyl (C=O) groups is 1. The van der Waals surface area contributed by atoms with E-state index in [4.69, 9.17) is 4.74 Å². The first kappa shape index (κ1) is 15.3. The van der Waals surface area contributed by atoms with E-state index in [-0.39, 0.29) is 5.91 Å². The van der Waals surface area contributed by atoms with Crippen molar-refractivity contribution in [3.63, 3.8) is 0 Å². The molecule has 1 aromatic heterocycles. The van der Waals surface area contributed by atoms with Crippen LogP contribution in [0.1, 0.15) is 17.8 Å². The number of rotatable bonds is 7. The maximum atomic E-state index is 11.5. The SMILES string of the molecule is C=CCCC(=O)NCc1nc(-c2ccc(OC)cc2)cs1. The molecule has 2 aromatic rings. The van der Waals surface area contributed by atoms with E-state index >= 15 is 0 Å². The van der Waals surface area contributed by atoms with Gasteiger partial charge in [-0.1, -0.05) is 6.08 Å². The number of aromatic nitrogens is 1. The molecule has 0 spiro atoms. The van der Waals surface area contributed by atoms with Crippen molar-refractivity contribution in [3.8, 4) is 17.0 Å². The summed E-state index contributed by atoms with van der Waals surface area (Å²) >= 11 is 1.54. The predicted octanol–water partition coefficient (Wildman–Crippen LogP) is 3.40. The van der Waals surface area contributed by atoms with E-state index < -0.39 is 0 Å². The van der Waals surface area contributed by atoms with Crippen molar-refractivity contribution in [1.29, 1.82) is 0 Å². The molecule has 0 radical (unpaired) electrons. The Labute approximate surface area is 128 Å². The minimum absolute atomic E-state index is 0.0242. The molecule has 21 heavy (non-hydrogen) atoms. The third-order valence-corrected chi connectivity index (χ3v) is 3.80. The van der Waals surface area contributed by atoms with E-state index in [0.29, 0.717) is 19.4 Å². The fraction of sp³-hybridized carbons (Fsp3) is 0.250. The lowest BCUT2D eigenvalue weighted by atomic mass is 10.2. The number of nitrogens with one attached hydrogen (secondary N) is 1. The standard InChI is InChI=1S/C16H18N2O2S/c1-3-4-5-15(19)17-10-16-18-14(11-21-16)12-6-8-13(20-2)9-7-12/h3,6-9,11H,1,4-5,10H2,2H3,(H,17,19). The fourth-order valence-electron chi connectivity index (χ4n) is 1.78. The van der Waals surface area contributed by atoms with Crippen molar-refractivity contribution in [3.05, 3.63) is 47.3 Å². The molecule has 4 nitrogen and oxygen atoms in total. The van der Waals surface area contributed by atoms with Crippen LogP contribution in [0.3, 0.4) is 0 Å². The molecule has 0 bridgehead atoms. The maximum absolute atomic E-state index is 11.5. The molecule has 2 rings (SSSR count). The van der Waals surface area contributed by atoms with Crippen molar-refractivity contribution < 1.29 is 9.53 Å². The zero-order valence-electron chi connectivity index (χ0n) is 12.0. The summed E-state index contributed by atoms with van der Waals surface area (Å²) in [5.74, 6) is 0.847. The van der Waals surface area contributed by atoms with Gasteiger partial charge in [-0.15, -0.1) is 17.9 Å². The third kappa shape index (κ3) is 4.43. The van der Waals surface area contributed by atoms with Crippen LogP contribution in [0.2, 0.25) is 0 Å². The highest BCUT2D eigenvalue weighted by Gasteiger charge is 2.06. The largest absolute Gasteiger partial charge is 0.497 e. The van der Waals surface area contributed by atoms with Gasteiger partial charge in [-0.2, -0.15) is 0 Å². The lowest BCUT2D eigenvalue weighted by Gasteiger charge is -2.02. The fourth-order valence-corrected chi connectivity index (χ4v) is 2.53. The van der Waals surface area contributed by atoms with Crippen LogP contribution in [0, 0.1) is 0 Å². The van der Waals surface area contributed by atoms with Crippen molar-refractivity contribution >= 4 is 17.2 Å². The Hall–Kier alpha value is -2.14. The monoisotopic (exact) mass is 302 g/mol. The Morgan fingerprint density at radius 3 is 2.86 bits per heavy atom. The molecular formula is C16H18N2O2S. The number of methoxy groups -OCH3 is 1. The second kappa shape index (κ2) is 7.59. The van der Waals surface area contributed by atoms with Gasteiger partial charge in [-0.25, -0.2) is 4.98 Å². The summed E-state index contributed by atoms with van der Waals surface area (Å²) in [5.41, 5.74) is 1.95. The number of hydrogen-bond acceptors (Lipinski definition) is 4. The molecule has 5 heteroatoms. The van der Waals surface area contributed by atoms with Gasteiger partial charge in [0.1, 0.15) is 10.8 Å². The zero-order chi connectivity index (χ0) is 15.1. The first-order chi connectivity index (χ1) is 10.2. The maximum Gasteiger partial charge on any atom is 0.220 e. The predicted molar refractivity (Wildman–Crippen MR) is 85.4 cm³/mol. The summed E-state index contributed by atoms with van der Waals surface area (Å²) in [5, 5.41) is 5.75. The number of thiazole rings is 1. The molecule has 110 valence electrons. The Morgan fingerprint density at radius 1 is 1.43 bits per heavy atom. The smallest absolute Gasteiger partial charge is 0.220 e. The second-order valence-electron chi connectivity index (χ2n) is 4.46. The summed E-state index contributed by atoms with van der Waals surface area (Å²) in [6, 6.07) is 7.76. The average Bonchev–Trinajstić information content (AvgIpc) is 3.00. The van der Waals surface area contributed by atoms with Gasteiger partial charge >= 0.3 is 0 Å². The van der Waals surface area contributed by atoms with Crippen LogP contribution in [0.5, 0.6) is 5.75 Å². The van der Waals surface area contributed by atoms with E-state index in [9.17, 15) is 4.79 Å². The van der Waals surface area contributed by atoms with Crippen molar-refractivity contribution in [2.24, 2.45) is 0 Å².